The van der Waals surface area contributed by atoms with E-state index in [0.29, 0.717) is 11.3 Å². The Morgan fingerprint density at radius 2 is 1.74 bits per heavy atom. The molecular weight excluding hydrogens is 258 g/mol. The van der Waals surface area contributed by atoms with E-state index < -0.39 is 9.84 Å². The minimum absolute atomic E-state index is 0.0326. The summed E-state index contributed by atoms with van der Waals surface area (Å²) in [6, 6.07) is 8.81. The number of nitrogens with one attached hydrogen (secondary N) is 1. The van der Waals surface area contributed by atoms with Crippen LogP contribution in [0.15, 0.2) is 35.2 Å². The van der Waals surface area contributed by atoms with Gasteiger partial charge in [0.1, 0.15) is 0 Å². The van der Waals surface area contributed by atoms with Gasteiger partial charge in [0.05, 0.1) is 10.1 Å². The maximum atomic E-state index is 12.7. The Kier molecular flexibility index (Phi) is 6.52. The Morgan fingerprint density at radius 1 is 1.11 bits per heavy atom. The molecule has 0 saturated carbocycles. The molecule has 108 valence electrons. The summed E-state index contributed by atoms with van der Waals surface area (Å²) in [6.45, 7) is 6.85. The first-order valence-electron chi connectivity index (χ1n) is 7.10. The van der Waals surface area contributed by atoms with Gasteiger partial charge in [-0.1, -0.05) is 45.4 Å². The lowest BCUT2D eigenvalue weighted by Crippen LogP contribution is -2.43. The molecule has 0 bridgehead atoms. The van der Waals surface area contributed by atoms with Crippen LogP contribution in [0.4, 0.5) is 0 Å². The summed E-state index contributed by atoms with van der Waals surface area (Å²) in [5, 5.41) is 2.98. The van der Waals surface area contributed by atoms with Gasteiger partial charge in [0.25, 0.3) is 0 Å². The van der Waals surface area contributed by atoms with Gasteiger partial charge in [0.2, 0.25) is 0 Å². The van der Waals surface area contributed by atoms with Crippen molar-refractivity contribution >= 4 is 9.84 Å². The zero-order valence-corrected chi connectivity index (χ0v) is 12.9. The third-order valence-electron chi connectivity index (χ3n) is 3.39. The number of rotatable bonds is 8. The number of hydrogen-bond acceptors (Lipinski definition) is 3. The van der Waals surface area contributed by atoms with Crippen molar-refractivity contribution in [3.63, 3.8) is 0 Å². The van der Waals surface area contributed by atoms with Gasteiger partial charge >= 0.3 is 0 Å². The Balaban J connectivity index is 3.06. The first-order valence-corrected chi connectivity index (χ1v) is 8.64. The van der Waals surface area contributed by atoms with Gasteiger partial charge in [-0.25, -0.2) is 8.42 Å². The zero-order chi connectivity index (χ0) is 14.3. The van der Waals surface area contributed by atoms with Gasteiger partial charge in [0, 0.05) is 6.04 Å². The van der Waals surface area contributed by atoms with Crippen LogP contribution in [-0.4, -0.2) is 26.3 Å². The summed E-state index contributed by atoms with van der Waals surface area (Å²) in [5.41, 5.74) is 0. The van der Waals surface area contributed by atoms with Crippen molar-refractivity contribution < 1.29 is 8.42 Å². The first-order chi connectivity index (χ1) is 9.07. The molecule has 4 heteroatoms. The van der Waals surface area contributed by atoms with Gasteiger partial charge in [-0.2, -0.15) is 0 Å². The molecule has 3 nitrogen and oxygen atoms in total. The molecule has 0 aliphatic heterocycles. The van der Waals surface area contributed by atoms with E-state index in [1.807, 2.05) is 19.9 Å². The smallest absolute Gasteiger partial charge is 0.182 e. The fourth-order valence-electron chi connectivity index (χ4n) is 2.50. The quantitative estimate of drug-likeness (QED) is 0.797. The van der Waals surface area contributed by atoms with Gasteiger partial charge in [-0.15, -0.1) is 0 Å². The minimum Gasteiger partial charge on any atom is -0.313 e. The third kappa shape index (κ3) is 4.05. The summed E-state index contributed by atoms with van der Waals surface area (Å²) in [5.74, 6) is 0. The predicted octanol–water partition coefficient (Wildman–Crippen LogP) is 3.02. The number of sulfone groups is 1. The molecule has 1 aromatic carbocycles. The molecule has 2 unspecified atom stereocenters. The van der Waals surface area contributed by atoms with E-state index in [1.54, 1.807) is 24.3 Å². The van der Waals surface area contributed by atoms with Crippen molar-refractivity contribution in [2.75, 3.05) is 6.54 Å². The van der Waals surface area contributed by atoms with E-state index in [0.717, 1.165) is 19.4 Å². The highest BCUT2D eigenvalue weighted by Gasteiger charge is 2.32. The summed E-state index contributed by atoms with van der Waals surface area (Å²) in [7, 11) is -3.26. The van der Waals surface area contributed by atoms with Crippen molar-refractivity contribution in [3.05, 3.63) is 30.3 Å². The predicted molar refractivity (Wildman–Crippen MR) is 80.1 cm³/mol. The first kappa shape index (κ1) is 16.2. The van der Waals surface area contributed by atoms with Crippen LogP contribution in [0, 0.1) is 0 Å². The molecule has 1 N–H and O–H groups in total. The van der Waals surface area contributed by atoms with E-state index in [-0.39, 0.29) is 11.3 Å². The van der Waals surface area contributed by atoms with Crippen LogP contribution in [0.25, 0.3) is 0 Å². The van der Waals surface area contributed by atoms with E-state index in [1.165, 1.54) is 0 Å². The molecule has 0 aliphatic carbocycles. The Labute approximate surface area is 117 Å². The highest BCUT2D eigenvalue weighted by molar-refractivity contribution is 7.92. The van der Waals surface area contributed by atoms with E-state index in [2.05, 4.69) is 12.2 Å². The van der Waals surface area contributed by atoms with Crippen LogP contribution in [0.5, 0.6) is 0 Å². The molecule has 0 heterocycles. The highest BCUT2D eigenvalue weighted by Crippen LogP contribution is 2.22. The second-order valence-corrected chi connectivity index (χ2v) is 6.92. The molecule has 2 atom stereocenters. The molecular formula is C15H25NO2S. The normalized spacial score (nSPS) is 15.1. The molecule has 1 rings (SSSR count). The molecule has 0 radical (unpaired) electrons. The average molecular weight is 283 g/mol. The summed E-state index contributed by atoms with van der Waals surface area (Å²) in [4.78, 5) is 0.431. The lowest BCUT2D eigenvalue weighted by Gasteiger charge is -2.26. The van der Waals surface area contributed by atoms with Crippen molar-refractivity contribution in [1.82, 2.24) is 5.32 Å². The van der Waals surface area contributed by atoms with E-state index in [9.17, 15) is 8.42 Å². The molecule has 0 spiro atoms. The second kappa shape index (κ2) is 7.65. The maximum absolute atomic E-state index is 12.7. The van der Waals surface area contributed by atoms with E-state index in [4.69, 9.17) is 0 Å². The largest absolute Gasteiger partial charge is 0.313 e. The highest BCUT2D eigenvalue weighted by atomic mass is 32.2. The monoisotopic (exact) mass is 283 g/mol. The zero-order valence-electron chi connectivity index (χ0n) is 12.1. The molecule has 0 aliphatic rings. The Bertz CT molecular complexity index is 450. The standard InChI is InChI=1S/C15H25NO2S/c1-4-10-14(16-6-3)15(5-2)19(17,18)13-11-8-7-9-12-13/h7-9,11-12,14-16H,4-6,10H2,1-3H3. The van der Waals surface area contributed by atoms with Gasteiger partial charge < -0.3 is 5.32 Å². The molecule has 0 amide bonds. The molecule has 0 saturated heterocycles. The second-order valence-electron chi connectivity index (χ2n) is 4.76. The SMILES string of the molecule is CCCC(NCC)C(CC)S(=O)(=O)c1ccccc1. The fourth-order valence-corrected chi connectivity index (χ4v) is 4.49. The maximum Gasteiger partial charge on any atom is 0.182 e. The molecule has 0 fully saturated rings. The van der Waals surface area contributed by atoms with Crippen molar-refractivity contribution in [2.24, 2.45) is 0 Å². The molecule has 19 heavy (non-hydrogen) atoms. The average Bonchev–Trinajstić information content (AvgIpc) is 2.41. The Hall–Kier alpha value is -0.870. The van der Waals surface area contributed by atoms with Crippen LogP contribution in [0.3, 0.4) is 0 Å². The van der Waals surface area contributed by atoms with Gasteiger partial charge in [-0.05, 0) is 31.5 Å². The van der Waals surface area contributed by atoms with Crippen molar-refractivity contribution in [1.29, 1.82) is 0 Å². The minimum atomic E-state index is -3.26. The van der Waals surface area contributed by atoms with E-state index >= 15 is 0 Å². The third-order valence-corrected chi connectivity index (χ3v) is 5.78. The van der Waals surface area contributed by atoms with Crippen LogP contribution in [0.2, 0.25) is 0 Å². The summed E-state index contributed by atoms with van der Waals surface area (Å²) >= 11 is 0. The van der Waals surface area contributed by atoms with Crippen LogP contribution < -0.4 is 5.32 Å². The van der Waals surface area contributed by atoms with Gasteiger partial charge in [-0.3, -0.25) is 0 Å². The number of hydrogen-bond donors (Lipinski definition) is 1. The lowest BCUT2D eigenvalue weighted by atomic mass is 10.1. The van der Waals surface area contributed by atoms with Crippen molar-refractivity contribution in [2.45, 2.75) is 56.2 Å². The Morgan fingerprint density at radius 3 is 2.21 bits per heavy atom. The fraction of sp³-hybridized carbons (Fsp3) is 0.600. The van der Waals surface area contributed by atoms with Crippen LogP contribution in [0.1, 0.15) is 40.0 Å². The summed E-state index contributed by atoms with van der Waals surface area (Å²) in [6.07, 6.45) is 2.51. The van der Waals surface area contributed by atoms with Gasteiger partial charge in [0.15, 0.2) is 9.84 Å². The van der Waals surface area contributed by atoms with Crippen molar-refractivity contribution in [3.8, 4) is 0 Å². The van der Waals surface area contributed by atoms with Crippen LogP contribution in [-0.2, 0) is 9.84 Å². The topological polar surface area (TPSA) is 46.2 Å². The molecule has 0 aromatic heterocycles. The van der Waals surface area contributed by atoms with Crippen LogP contribution >= 0.6 is 0 Å². The summed E-state index contributed by atoms with van der Waals surface area (Å²) < 4.78 is 25.4. The number of benzene rings is 1. The lowest BCUT2D eigenvalue weighted by molar-refractivity contribution is 0.445. The molecule has 1 aromatic rings.